The van der Waals surface area contributed by atoms with Crippen LogP contribution in [-0.2, 0) is 4.79 Å². The third-order valence-corrected chi connectivity index (χ3v) is 6.64. The molecule has 0 radical (unpaired) electrons. The predicted octanol–water partition coefficient (Wildman–Crippen LogP) is 3.71. The van der Waals surface area contributed by atoms with Crippen molar-refractivity contribution in [2.24, 2.45) is 10.9 Å². The molecule has 3 N–H and O–H groups in total. The maximum atomic E-state index is 12.2. The lowest BCUT2D eigenvalue weighted by Crippen LogP contribution is -2.57. The number of amides is 1. The van der Waals surface area contributed by atoms with Gasteiger partial charge >= 0.3 is 0 Å². The number of piperidine rings is 1. The Balaban J connectivity index is 1.89. The number of aliphatic imine (C=N–C) groups is 1. The van der Waals surface area contributed by atoms with Crippen LogP contribution in [0.1, 0.15) is 71.9 Å². The topological polar surface area (TPSA) is 68.8 Å². The number of nitrogens with zero attached hydrogens (tertiary/aromatic N) is 2. The maximum absolute atomic E-state index is 12.2. The van der Waals surface area contributed by atoms with Crippen molar-refractivity contribution in [3.05, 3.63) is 35.9 Å². The van der Waals surface area contributed by atoms with Crippen LogP contribution in [0.3, 0.4) is 0 Å². The summed E-state index contributed by atoms with van der Waals surface area (Å²) in [6.07, 6.45) is 3.96. The van der Waals surface area contributed by atoms with Gasteiger partial charge in [-0.1, -0.05) is 58.0 Å². The Morgan fingerprint density at radius 2 is 1.74 bits per heavy atom. The first-order chi connectivity index (χ1) is 14.8. The number of carbonyl (C=O) groups is 1. The number of hydrogen-bond acceptors (Lipinski definition) is 3. The highest BCUT2D eigenvalue weighted by molar-refractivity contribution is 5.80. The minimum atomic E-state index is -0.0140. The Kier molecular flexibility index (Phi) is 9.82. The van der Waals surface area contributed by atoms with Crippen LogP contribution in [0.2, 0.25) is 0 Å². The summed E-state index contributed by atoms with van der Waals surface area (Å²) < 4.78 is 0. The quantitative estimate of drug-likeness (QED) is 0.413. The molecule has 1 fully saturated rings. The van der Waals surface area contributed by atoms with Gasteiger partial charge < -0.3 is 20.9 Å². The van der Waals surface area contributed by atoms with Crippen molar-refractivity contribution >= 4 is 11.9 Å². The van der Waals surface area contributed by atoms with Gasteiger partial charge in [0.2, 0.25) is 5.91 Å². The third-order valence-electron chi connectivity index (χ3n) is 6.64. The minimum Gasteiger partial charge on any atom is -0.355 e. The van der Waals surface area contributed by atoms with E-state index in [2.05, 4.69) is 72.0 Å². The Labute approximate surface area is 189 Å². The van der Waals surface area contributed by atoms with E-state index in [4.69, 9.17) is 0 Å². The molecule has 6 nitrogen and oxygen atoms in total. The van der Waals surface area contributed by atoms with Crippen molar-refractivity contribution in [2.45, 2.75) is 77.9 Å². The average molecular weight is 430 g/mol. The van der Waals surface area contributed by atoms with Gasteiger partial charge in [0.1, 0.15) is 0 Å². The zero-order valence-corrected chi connectivity index (χ0v) is 20.4. The molecule has 6 heteroatoms. The smallest absolute Gasteiger partial charge is 0.225 e. The summed E-state index contributed by atoms with van der Waals surface area (Å²) >= 11 is 0. The van der Waals surface area contributed by atoms with Crippen LogP contribution in [0.5, 0.6) is 0 Å². The molecule has 0 aromatic heterocycles. The highest BCUT2D eigenvalue weighted by atomic mass is 16.2. The molecule has 1 aliphatic rings. The van der Waals surface area contributed by atoms with Gasteiger partial charge in [-0.15, -0.1) is 0 Å². The molecule has 1 saturated heterocycles. The molecular weight excluding hydrogens is 386 g/mol. The zero-order valence-electron chi connectivity index (χ0n) is 20.4. The summed E-state index contributed by atoms with van der Waals surface area (Å²) in [5, 5.41) is 11.0. The molecule has 2 rings (SSSR count). The van der Waals surface area contributed by atoms with Crippen LogP contribution in [-0.4, -0.2) is 55.0 Å². The van der Waals surface area contributed by atoms with Gasteiger partial charge in [0, 0.05) is 50.2 Å². The summed E-state index contributed by atoms with van der Waals surface area (Å²) in [5.41, 5.74) is 1.29. The summed E-state index contributed by atoms with van der Waals surface area (Å²) in [6, 6.07) is 11.2. The number of guanidine groups is 1. The van der Waals surface area contributed by atoms with Gasteiger partial charge in [-0.05, 0) is 38.2 Å². The Bertz CT molecular complexity index is 691. The van der Waals surface area contributed by atoms with Crippen LogP contribution >= 0.6 is 0 Å². The van der Waals surface area contributed by atoms with Crippen molar-refractivity contribution in [3.63, 3.8) is 0 Å². The van der Waals surface area contributed by atoms with Crippen molar-refractivity contribution in [3.8, 4) is 0 Å². The first kappa shape index (κ1) is 25.2. The minimum absolute atomic E-state index is 0.0140. The summed E-state index contributed by atoms with van der Waals surface area (Å²) in [4.78, 5) is 18.7. The molecular formula is C25H43N5O. The number of likely N-dealkylation sites (tertiary alicyclic amines) is 1. The normalized spacial score (nSPS) is 17.0. The molecule has 1 amide bonds. The predicted molar refractivity (Wildman–Crippen MR) is 130 cm³/mol. The molecule has 1 unspecified atom stereocenters. The van der Waals surface area contributed by atoms with E-state index in [1.165, 1.54) is 5.56 Å². The molecule has 0 spiro atoms. The van der Waals surface area contributed by atoms with Gasteiger partial charge in [-0.2, -0.15) is 0 Å². The fourth-order valence-corrected chi connectivity index (χ4v) is 4.29. The van der Waals surface area contributed by atoms with Crippen molar-refractivity contribution in [1.29, 1.82) is 0 Å². The number of carbonyl (C=O) groups excluding carboxylic acids is 1. The lowest BCUT2D eigenvalue weighted by molar-refractivity contribution is -0.135. The van der Waals surface area contributed by atoms with E-state index < -0.39 is 0 Å². The number of rotatable bonds is 9. The Hall–Kier alpha value is -2.08. The number of hydrogen-bond donors (Lipinski definition) is 3. The Morgan fingerprint density at radius 1 is 1.13 bits per heavy atom. The van der Waals surface area contributed by atoms with Crippen LogP contribution in [0.25, 0.3) is 0 Å². The van der Waals surface area contributed by atoms with E-state index in [1.54, 1.807) is 0 Å². The van der Waals surface area contributed by atoms with Crippen molar-refractivity contribution in [2.75, 3.05) is 26.7 Å². The molecule has 1 aromatic carbocycles. The molecule has 0 bridgehead atoms. The van der Waals surface area contributed by atoms with Gasteiger partial charge in [-0.3, -0.25) is 9.79 Å². The lowest BCUT2D eigenvalue weighted by atomic mass is 9.90. The molecule has 1 aromatic rings. The molecule has 1 atom stereocenters. The summed E-state index contributed by atoms with van der Waals surface area (Å²) in [6.45, 7) is 13.1. The maximum Gasteiger partial charge on any atom is 0.225 e. The fourth-order valence-electron chi connectivity index (χ4n) is 4.29. The van der Waals surface area contributed by atoms with Gasteiger partial charge in [-0.25, -0.2) is 0 Å². The van der Waals surface area contributed by atoms with Gasteiger partial charge in [0.25, 0.3) is 0 Å². The number of benzene rings is 1. The first-order valence-electron chi connectivity index (χ1n) is 11.9. The Morgan fingerprint density at radius 3 is 2.26 bits per heavy atom. The third kappa shape index (κ3) is 7.23. The second-order valence-corrected chi connectivity index (χ2v) is 9.09. The van der Waals surface area contributed by atoms with Gasteiger partial charge in [0.15, 0.2) is 5.96 Å². The summed E-state index contributed by atoms with van der Waals surface area (Å²) in [7, 11) is 1.83. The van der Waals surface area contributed by atoms with Crippen LogP contribution in [0.4, 0.5) is 0 Å². The molecule has 0 aliphatic carbocycles. The van der Waals surface area contributed by atoms with E-state index in [0.29, 0.717) is 6.04 Å². The van der Waals surface area contributed by atoms with Crippen LogP contribution in [0.15, 0.2) is 35.3 Å². The molecule has 1 heterocycles. The van der Waals surface area contributed by atoms with Crippen molar-refractivity contribution in [1.82, 2.24) is 20.9 Å². The van der Waals surface area contributed by atoms with E-state index in [0.717, 1.165) is 51.3 Å². The van der Waals surface area contributed by atoms with E-state index in [-0.39, 0.29) is 23.4 Å². The van der Waals surface area contributed by atoms with E-state index >= 15 is 0 Å². The van der Waals surface area contributed by atoms with Crippen LogP contribution < -0.4 is 16.0 Å². The highest BCUT2D eigenvalue weighted by Crippen LogP contribution is 2.21. The second kappa shape index (κ2) is 12.1. The standard InChI is InChI=1S/C25H43N5O/c1-7-25(8-2,29-20(5)21-12-10-9-11-13-21)18-27-24(26-6)28-22-14-16-30(17-15-22)23(31)19(3)4/h9-13,19-20,22,29H,7-8,14-18H2,1-6H3,(H2,26,27,28). The second-order valence-electron chi connectivity index (χ2n) is 9.09. The monoisotopic (exact) mass is 429 g/mol. The fraction of sp³-hybridized carbons (Fsp3) is 0.680. The van der Waals surface area contributed by atoms with E-state index in [1.807, 2.05) is 25.8 Å². The lowest BCUT2D eigenvalue weighted by Gasteiger charge is -2.38. The molecule has 31 heavy (non-hydrogen) atoms. The SMILES string of the molecule is CCC(CC)(CNC(=NC)NC1CCN(C(=O)C(C)C)CC1)NC(C)c1ccccc1. The molecule has 0 saturated carbocycles. The molecule has 174 valence electrons. The first-order valence-corrected chi connectivity index (χ1v) is 11.9. The average Bonchev–Trinajstić information content (AvgIpc) is 2.81. The largest absolute Gasteiger partial charge is 0.355 e. The van der Waals surface area contributed by atoms with Crippen LogP contribution in [0, 0.1) is 5.92 Å². The number of nitrogens with one attached hydrogen (secondary N) is 3. The molecule has 1 aliphatic heterocycles. The van der Waals surface area contributed by atoms with Gasteiger partial charge in [0.05, 0.1) is 0 Å². The van der Waals surface area contributed by atoms with E-state index in [9.17, 15) is 4.79 Å². The highest BCUT2D eigenvalue weighted by Gasteiger charge is 2.29. The van der Waals surface area contributed by atoms with Crippen molar-refractivity contribution < 1.29 is 4.79 Å². The summed E-state index contributed by atoms with van der Waals surface area (Å²) in [5.74, 6) is 1.17. The zero-order chi connectivity index (χ0) is 22.9.